The summed E-state index contributed by atoms with van der Waals surface area (Å²) >= 11 is 0. The molecular weight excluding hydrogens is 348 g/mol. The van der Waals surface area contributed by atoms with Gasteiger partial charge < -0.3 is 14.4 Å². The van der Waals surface area contributed by atoms with Crippen LogP contribution in [0.3, 0.4) is 0 Å². The third kappa shape index (κ3) is 3.68. The fourth-order valence-electron chi connectivity index (χ4n) is 4.72. The molecule has 1 aromatic carbocycles. The Hall–Kier alpha value is -2.27. The molecule has 1 unspecified atom stereocenters. The second-order valence-corrected chi connectivity index (χ2v) is 8.26. The van der Waals surface area contributed by atoms with Crippen LogP contribution in [0.25, 0.3) is 0 Å². The zero-order valence-electron chi connectivity index (χ0n) is 17.4. The zero-order valence-corrected chi connectivity index (χ0v) is 17.4. The summed E-state index contributed by atoms with van der Waals surface area (Å²) in [5.74, 6) is 0.279. The van der Waals surface area contributed by atoms with E-state index in [0.717, 1.165) is 39.1 Å². The van der Waals surface area contributed by atoms with E-state index in [-0.39, 0.29) is 5.91 Å². The minimum absolute atomic E-state index is 0.279. The van der Waals surface area contributed by atoms with Crippen LogP contribution < -0.4 is 4.90 Å². The van der Waals surface area contributed by atoms with E-state index in [2.05, 4.69) is 76.7 Å². The van der Waals surface area contributed by atoms with Gasteiger partial charge in [0.2, 0.25) is 5.91 Å². The van der Waals surface area contributed by atoms with Gasteiger partial charge in [-0.3, -0.25) is 9.69 Å². The van der Waals surface area contributed by atoms with Crippen molar-refractivity contribution in [3.8, 4) is 0 Å². The van der Waals surface area contributed by atoms with Gasteiger partial charge in [0.15, 0.2) is 0 Å². The second-order valence-electron chi connectivity index (χ2n) is 8.26. The first kappa shape index (κ1) is 19.1. The van der Waals surface area contributed by atoms with Gasteiger partial charge in [-0.1, -0.05) is 12.1 Å². The summed E-state index contributed by atoms with van der Waals surface area (Å²) in [6.07, 6.45) is 4.41. The van der Waals surface area contributed by atoms with Crippen molar-refractivity contribution < 1.29 is 4.79 Å². The number of piperazine rings is 1. The Morgan fingerprint density at radius 3 is 2.54 bits per heavy atom. The molecule has 5 nitrogen and oxygen atoms in total. The number of carbonyl (C=O) groups excluding carboxylic acids is 1. The lowest BCUT2D eigenvalue weighted by Crippen LogP contribution is -2.51. The fraction of sp³-hybridized carbons (Fsp3) is 0.522. The number of benzene rings is 1. The summed E-state index contributed by atoms with van der Waals surface area (Å²) in [6.45, 7) is 9.37. The number of aryl methyl sites for hydroxylation is 2. The van der Waals surface area contributed by atoms with Crippen molar-refractivity contribution >= 4 is 11.6 Å². The van der Waals surface area contributed by atoms with Crippen molar-refractivity contribution in [3.05, 3.63) is 53.3 Å². The summed E-state index contributed by atoms with van der Waals surface area (Å²) in [4.78, 5) is 19.8. The lowest BCUT2D eigenvalue weighted by atomic mass is 10.1. The average molecular weight is 381 g/mol. The summed E-state index contributed by atoms with van der Waals surface area (Å²) in [7, 11) is 2.10. The Morgan fingerprint density at radius 2 is 1.82 bits per heavy atom. The van der Waals surface area contributed by atoms with E-state index in [0.29, 0.717) is 12.6 Å². The SMILES string of the molecule is Cc1cccc(N2CCN(C(=O)CN3CCCC3c3cccn3C)CC2)c1C. The van der Waals surface area contributed by atoms with E-state index in [1.165, 1.54) is 28.9 Å². The number of carbonyl (C=O) groups is 1. The first-order chi connectivity index (χ1) is 13.5. The molecule has 0 N–H and O–H groups in total. The standard InChI is InChI=1S/C23H32N4O/c1-18-7-4-8-20(19(18)2)25-13-15-26(16-14-25)23(28)17-27-12-6-10-22(27)21-9-5-11-24(21)3/h4-5,7-9,11,22H,6,10,12-17H2,1-3H3. The molecule has 2 saturated heterocycles. The van der Waals surface area contributed by atoms with Gasteiger partial charge in [-0.05, 0) is 62.6 Å². The van der Waals surface area contributed by atoms with Gasteiger partial charge in [0.05, 0.1) is 12.6 Å². The van der Waals surface area contributed by atoms with E-state index in [1.54, 1.807) is 0 Å². The molecule has 2 aliphatic heterocycles. The third-order valence-corrected chi connectivity index (χ3v) is 6.58. The molecule has 28 heavy (non-hydrogen) atoms. The van der Waals surface area contributed by atoms with Crippen LogP contribution in [-0.2, 0) is 11.8 Å². The predicted molar refractivity (Wildman–Crippen MR) is 114 cm³/mol. The molecule has 2 aliphatic rings. The highest BCUT2D eigenvalue weighted by atomic mass is 16.2. The van der Waals surface area contributed by atoms with Crippen LogP contribution in [0.2, 0.25) is 0 Å². The molecule has 5 heteroatoms. The minimum atomic E-state index is 0.279. The maximum atomic E-state index is 13.0. The Kier molecular flexibility index (Phi) is 5.44. The van der Waals surface area contributed by atoms with Crippen LogP contribution in [-0.4, -0.2) is 59.5 Å². The second kappa shape index (κ2) is 8.00. The summed E-state index contributed by atoms with van der Waals surface area (Å²) in [6, 6.07) is 11.2. The quantitative estimate of drug-likeness (QED) is 0.817. The van der Waals surface area contributed by atoms with Gasteiger partial charge in [-0.25, -0.2) is 0 Å². The van der Waals surface area contributed by atoms with Gasteiger partial charge >= 0.3 is 0 Å². The lowest BCUT2D eigenvalue weighted by Gasteiger charge is -2.38. The van der Waals surface area contributed by atoms with Crippen LogP contribution in [0.4, 0.5) is 5.69 Å². The molecule has 2 aromatic rings. The third-order valence-electron chi connectivity index (χ3n) is 6.58. The first-order valence-electron chi connectivity index (χ1n) is 10.5. The fourth-order valence-corrected chi connectivity index (χ4v) is 4.72. The minimum Gasteiger partial charge on any atom is -0.368 e. The number of anilines is 1. The molecular formula is C23H32N4O. The highest BCUT2D eigenvalue weighted by Crippen LogP contribution is 2.31. The van der Waals surface area contributed by atoms with Crippen LogP contribution in [0, 0.1) is 13.8 Å². The highest BCUT2D eigenvalue weighted by molar-refractivity contribution is 5.78. The number of hydrogen-bond donors (Lipinski definition) is 0. The molecule has 0 bridgehead atoms. The average Bonchev–Trinajstić information content (AvgIpc) is 3.32. The summed E-state index contributed by atoms with van der Waals surface area (Å²) in [5.41, 5.74) is 5.32. The number of aromatic nitrogens is 1. The van der Waals surface area contributed by atoms with Crippen molar-refractivity contribution in [1.29, 1.82) is 0 Å². The van der Waals surface area contributed by atoms with Crippen LogP contribution in [0.15, 0.2) is 36.5 Å². The Morgan fingerprint density at radius 1 is 1.04 bits per heavy atom. The molecule has 0 radical (unpaired) electrons. The number of amides is 1. The highest BCUT2D eigenvalue weighted by Gasteiger charge is 2.31. The smallest absolute Gasteiger partial charge is 0.236 e. The van der Waals surface area contributed by atoms with Gasteiger partial charge in [0, 0.05) is 50.8 Å². The molecule has 0 saturated carbocycles. The van der Waals surface area contributed by atoms with E-state index in [1.807, 2.05) is 0 Å². The van der Waals surface area contributed by atoms with Crippen molar-refractivity contribution in [1.82, 2.24) is 14.4 Å². The summed E-state index contributed by atoms with van der Waals surface area (Å²) < 4.78 is 2.19. The first-order valence-corrected chi connectivity index (χ1v) is 10.5. The van der Waals surface area contributed by atoms with Gasteiger partial charge in [0.25, 0.3) is 0 Å². The molecule has 2 fully saturated rings. The zero-order chi connectivity index (χ0) is 19.7. The van der Waals surface area contributed by atoms with Crippen LogP contribution in [0.5, 0.6) is 0 Å². The summed E-state index contributed by atoms with van der Waals surface area (Å²) in [5, 5.41) is 0. The number of nitrogens with zero attached hydrogens (tertiary/aromatic N) is 4. The Labute approximate surface area is 168 Å². The molecule has 4 rings (SSSR count). The molecule has 1 aromatic heterocycles. The van der Waals surface area contributed by atoms with E-state index in [4.69, 9.17) is 0 Å². The maximum absolute atomic E-state index is 13.0. The number of rotatable bonds is 4. The normalized spacial score (nSPS) is 20.8. The van der Waals surface area contributed by atoms with Crippen molar-refractivity contribution in [3.63, 3.8) is 0 Å². The largest absolute Gasteiger partial charge is 0.368 e. The Balaban J connectivity index is 1.35. The molecule has 1 atom stereocenters. The van der Waals surface area contributed by atoms with E-state index in [9.17, 15) is 4.79 Å². The molecule has 150 valence electrons. The van der Waals surface area contributed by atoms with Crippen molar-refractivity contribution in [2.75, 3.05) is 44.2 Å². The van der Waals surface area contributed by atoms with Crippen molar-refractivity contribution in [2.45, 2.75) is 32.7 Å². The molecule has 1 amide bonds. The molecule has 0 spiro atoms. The molecule has 0 aliphatic carbocycles. The predicted octanol–water partition coefficient (Wildman–Crippen LogP) is 3.13. The molecule has 3 heterocycles. The topological polar surface area (TPSA) is 31.7 Å². The van der Waals surface area contributed by atoms with Crippen LogP contribution >= 0.6 is 0 Å². The van der Waals surface area contributed by atoms with Gasteiger partial charge in [-0.2, -0.15) is 0 Å². The Bertz CT molecular complexity index is 835. The van der Waals surface area contributed by atoms with Crippen molar-refractivity contribution in [2.24, 2.45) is 7.05 Å². The maximum Gasteiger partial charge on any atom is 0.236 e. The van der Waals surface area contributed by atoms with Gasteiger partial charge in [-0.15, -0.1) is 0 Å². The lowest BCUT2D eigenvalue weighted by molar-refractivity contribution is -0.133. The van der Waals surface area contributed by atoms with Gasteiger partial charge in [0.1, 0.15) is 0 Å². The monoisotopic (exact) mass is 380 g/mol. The van der Waals surface area contributed by atoms with E-state index < -0.39 is 0 Å². The number of likely N-dealkylation sites (tertiary alicyclic amines) is 1. The van der Waals surface area contributed by atoms with Crippen LogP contribution in [0.1, 0.15) is 35.7 Å². The van der Waals surface area contributed by atoms with E-state index >= 15 is 0 Å². The number of hydrogen-bond acceptors (Lipinski definition) is 3.